The van der Waals surface area contributed by atoms with E-state index in [1.54, 1.807) is 6.08 Å². The Kier molecular flexibility index (Phi) is 3.77. The molecule has 33 valence electrons. The minimum Gasteiger partial charge on any atom is -0.299 e. The molecule has 0 aliphatic rings. The van der Waals surface area contributed by atoms with Crippen LogP contribution in [0.2, 0.25) is 0 Å². The summed E-state index contributed by atoms with van der Waals surface area (Å²) in [6.45, 7) is 3.41. The van der Waals surface area contributed by atoms with Gasteiger partial charge in [-0.15, -0.1) is 6.58 Å². The van der Waals surface area contributed by atoms with Crippen LogP contribution in [0.15, 0.2) is 25.0 Å². The van der Waals surface area contributed by atoms with E-state index in [0.717, 1.165) is 6.26 Å². The second-order valence-corrected chi connectivity index (χ2v) is 0.896. The zero-order chi connectivity index (χ0) is 4.83. The lowest BCUT2D eigenvalue weighted by Crippen LogP contribution is -1.50. The Morgan fingerprint density at radius 3 is 2.50 bits per heavy atom. The number of allylic oxidation sites excluding steroid dienone is 2. The smallest absolute Gasteiger partial charge is 0.139 e. The van der Waals surface area contributed by atoms with E-state index < -0.39 is 0 Å². The van der Waals surface area contributed by atoms with Crippen LogP contribution in [0.5, 0.6) is 0 Å². The van der Waals surface area contributed by atoms with Crippen molar-refractivity contribution in [2.24, 2.45) is 0 Å². The molecule has 0 fully saturated rings. The highest BCUT2D eigenvalue weighted by Gasteiger charge is 1.61. The maximum Gasteiger partial charge on any atom is 0.139 e. The van der Waals surface area contributed by atoms with E-state index >= 15 is 0 Å². The summed E-state index contributed by atoms with van der Waals surface area (Å²) in [6.07, 6.45) is 4.63. The van der Waals surface area contributed by atoms with Gasteiger partial charge in [0.1, 0.15) is 6.26 Å². The molecule has 0 amide bonds. The van der Waals surface area contributed by atoms with Gasteiger partial charge in [0.15, 0.2) is 0 Å². The molecule has 0 atom stereocenters. The molecule has 0 unspecified atom stereocenters. The highest BCUT2D eigenvalue weighted by atomic mass is 16.2. The van der Waals surface area contributed by atoms with Crippen LogP contribution in [0, 0.1) is 0 Å². The van der Waals surface area contributed by atoms with E-state index in [-0.39, 0.29) is 0 Å². The highest BCUT2D eigenvalue weighted by Crippen LogP contribution is 1.77. The van der Waals surface area contributed by atoms with Crippen molar-refractivity contribution in [3.8, 4) is 0 Å². The first kappa shape index (κ1) is 5.28. The van der Waals surface area contributed by atoms with E-state index in [4.69, 9.17) is 0 Å². The summed E-state index contributed by atoms with van der Waals surface area (Å²) in [5.41, 5.74) is 0. The minimum absolute atomic E-state index is 0.684. The molecule has 0 rings (SSSR count). The summed E-state index contributed by atoms with van der Waals surface area (Å²) >= 11 is 0. The van der Waals surface area contributed by atoms with Gasteiger partial charge in [0, 0.05) is 0 Å². The number of hydrogen-bond donors (Lipinski definition) is 0. The Hall–Kier alpha value is -0.720. The fourth-order valence-corrected chi connectivity index (χ4v) is 0.152. The zero-order valence-electron chi connectivity index (χ0n) is 3.55. The molecule has 0 aliphatic carbocycles. The monoisotopic (exact) mass is 83.0 g/mol. The van der Waals surface area contributed by atoms with Crippen LogP contribution in [0.4, 0.5) is 0 Å². The summed E-state index contributed by atoms with van der Waals surface area (Å²) in [5.74, 6) is 0. The number of hydrogen-bond acceptors (Lipinski definition) is 0. The van der Waals surface area contributed by atoms with Crippen molar-refractivity contribution in [1.29, 1.82) is 0 Å². The van der Waals surface area contributed by atoms with Crippen molar-refractivity contribution in [3.05, 3.63) is 25.0 Å². The predicted octanol–water partition coefficient (Wildman–Crippen LogP) is 1.51. The lowest BCUT2D eigenvalue weighted by atomic mass is 10.4. The number of rotatable bonds is 2. The molecule has 0 N–H and O–H groups in total. The molecular weight excluding hydrogens is 76.1 g/mol. The van der Waals surface area contributed by atoms with Crippen molar-refractivity contribution in [2.75, 3.05) is 0 Å². The summed E-state index contributed by atoms with van der Waals surface area (Å²) in [4.78, 5) is 0. The molecule has 0 aromatic carbocycles. The summed E-state index contributed by atoms with van der Waals surface area (Å²) in [6, 6.07) is 0. The Labute approximate surface area is 37.6 Å². The molecule has 1 nitrogen and oxygen atoms in total. The normalized spacial score (nSPS) is 9.33. The van der Waals surface area contributed by atoms with Crippen LogP contribution >= 0.6 is 0 Å². The lowest BCUT2D eigenvalue weighted by molar-refractivity contribution is 0.350. The third-order valence-corrected chi connectivity index (χ3v) is 0.399. The largest absolute Gasteiger partial charge is 0.299 e. The van der Waals surface area contributed by atoms with E-state index in [0.29, 0.717) is 6.42 Å². The van der Waals surface area contributed by atoms with Gasteiger partial charge in [-0.3, -0.25) is 5.11 Å². The van der Waals surface area contributed by atoms with Crippen molar-refractivity contribution in [1.82, 2.24) is 0 Å². The average molecular weight is 83.1 g/mol. The SMILES string of the molecule is C=CCC=C[O]. The maximum atomic E-state index is 9.46. The van der Waals surface area contributed by atoms with Crippen molar-refractivity contribution in [2.45, 2.75) is 6.42 Å². The first-order valence-electron chi connectivity index (χ1n) is 1.79. The molecule has 0 aliphatic heterocycles. The van der Waals surface area contributed by atoms with Crippen LogP contribution in [-0.2, 0) is 5.11 Å². The zero-order valence-corrected chi connectivity index (χ0v) is 3.55. The van der Waals surface area contributed by atoms with Gasteiger partial charge in [0.05, 0.1) is 0 Å². The molecule has 0 aromatic rings. The van der Waals surface area contributed by atoms with Gasteiger partial charge in [0.2, 0.25) is 0 Å². The van der Waals surface area contributed by atoms with Crippen molar-refractivity contribution >= 4 is 0 Å². The van der Waals surface area contributed by atoms with E-state index in [9.17, 15) is 5.11 Å². The molecular formula is C5H7O. The van der Waals surface area contributed by atoms with Crippen LogP contribution in [0.3, 0.4) is 0 Å². The van der Waals surface area contributed by atoms with Crippen LogP contribution < -0.4 is 0 Å². The maximum absolute atomic E-state index is 9.46. The second-order valence-electron chi connectivity index (χ2n) is 0.896. The van der Waals surface area contributed by atoms with E-state index in [2.05, 4.69) is 6.58 Å². The van der Waals surface area contributed by atoms with Crippen LogP contribution in [0.1, 0.15) is 6.42 Å². The van der Waals surface area contributed by atoms with Gasteiger partial charge < -0.3 is 0 Å². The second kappa shape index (κ2) is 4.28. The molecule has 0 spiro atoms. The molecule has 1 heteroatoms. The Morgan fingerprint density at radius 1 is 1.67 bits per heavy atom. The van der Waals surface area contributed by atoms with Crippen LogP contribution in [0.25, 0.3) is 0 Å². The first-order chi connectivity index (χ1) is 2.91. The van der Waals surface area contributed by atoms with Crippen molar-refractivity contribution in [3.63, 3.8) is 0 Å². The van der Waals surface area contributed by atoms with Gasteiger partial charge in [-0.05, 0) is 12.5 Å². The Bertz CT molecular complexity index is 55.0. The quantitative estimate of drug-likeness (QED) is 0.356. The Balaban J connectivity index is 2.85. The van der Waals surface area contributed by atoms with E-state index in [1.807, 2.05) is 0 Å². The summed E-state index contributed by atoms with van der Waals surface area (Å²) in [5, 5.41) is 9.46. The van der Waals surface area contributed by atoms with Crippen LogP contribution in [-0.4, -0.2) is 0 Å². The molecule has 0 heterocycles. The van der Waals surface area contributed by atoms with Gasteiger partial charge >= 0.3 is 0 Å². The molecule has 1 radical (unpaired) electrons. The van der Waals surface area contributed by atoms with Gasteiger partial charge in [-0.1, -0.05) is 6.08 Å². The minimum atomic E-state index is 0.684. The lowest BCUT2D eigenvalue weighted by Gasteiger charge is -1.67. The average Bonchev–Trinajstić information content (AvgIpc) is 1.61. The van der Waals surface area contributed by atoms with Crippen molar-refractivity contribution < 1.29 is 5.11 Å². The summed E-state index contributed by atoms with van der Waals surface area (Å²) < 4.78 is 0. The summed E-state index contributed by atoms with van der Waals surface area (Å²) in [7, 11) is 0. The highest BCUT2D eigenvalue weighted by molar-refractivity contribution is 4.81. The molecule has 0 saturated carbocycles. The third kappa shape index (κ3) is 3.28. The van der Waals surface area contributed by atoms with Gasteiger partial charge in [-0.2, -0.15) is 0 Å². The molecule has 6 heavy (non-hydrogen) atoms. The predicted molar refractivity (Wildman–Crippen MR) is 24.6 cm³/mol. The fourth-order valence-electron chi connectivity index (χ4n) is 0.152. The molecule has 0 saturated heterocycles. The molecule has 0 aromatic heterocycles. The fraction of sp³-hybridized carbons (Fsp3) is 0.200. The topological polar surface area (TPSA) is 19.9 Å². The van der Waals surface area contributed by atoms with E-state index in [1.165, 1.54) is 6.08 Å². The Morgan fingerprint density at radius 2 is 2.33 bits per heavy atom. The third-order valence-electron chi connectivity index (χ3n) is 0.399. The van der Waals surface area contributed by atoms with Gasteiger partial charge in [-0.25, -0.2) is 0 Å². The van der Waals surface area contributed by atoms with Gasteiger partial charge in [0.25, 0.3) is 0 Å². The standard InChI is InChI=1S/C5H7O/c1-2-3-4-5-6/h2,4-5H,1,3H2. The first-order valence-corrected chi connectivity index (χ1v) is 1.79. The molecule has 0 bridgehead atoms.